The average Bonchev–Trinajstić information content (AvgIpc) is 3.40. The second-order valence-corrected chi connectivity index (χ2v) is 9.16. The van der Waals surface area contributed by atoms with Crippen LogP contribution in [0.4, 0.5) is 5.69 Å². The van der Waals surface area contributed by atoms with E-state index in [1.54, 1.807) is 24.8 Å². The summed E-state index contributed by atoms with van der Waals surface area (Å²) < 4.78 is 4.00. The lowest BCUT2D eigenvalue weighted by Gasteiger charge is -2.25. The molecule has 3 N–H and O–H groups in total. The number of fused-ring (bicyclic) bond motifs is 1. The molecule has 0 bridgehead atoms. The molecular formula is C28H29N6O2+. The molecule has 0 saturated carbocycles. The summed E-state index contributed by atoms with van der Waals surface area (Å²) in [6.45, 7) is 2.86. The highest BCUT2D eigenvalue weighted by Crippen LogP contribution is 2.22. The van der Waals surface area contributed by atoms with Crippen molar-refractivity contribution in [2.24, 2.45) is 0 Å². The van der Waals surface area contributed by atoms with Crippen LogP contribution in [0.2, 0.25) is 0 Å². The molecule has 182 valence electrons. The fourth-order valence-corrected chi connectivity index (χ4v) is 4.43. The summed E-state index contributed by atoms with van der Waals surface area (Å²) in [5, 5.41) is 7.79. The predicted octanol–water partition coefficient (Wildman–Crippen LogP) is 2.30. The summed E-state index contributed by atoms with van der Waals surface area (Å²) in [7, 11) is 2.11. The Morgan fingerprint density at radius 1 is 0.944 bits per heavy atom. The number of nitrogens with zero attached hydrogens (tertiary/aromatic N) is 3. The van der Waals surface area contributed by atoms with Gasteiger partial charge in [0.1, 0.15) is 6.54 Å². The summed E-state index contributed by atoms with van der Waals surface area (Å²) in [6, 6.07) is 20.9. The first-order valence-corrected chi connectivity index (χ1v) is 12.0. The van der Waals surface area contributed by atoms with Crippen LogP contribution < -0.4 is 20.7 Å². The standard InChI is InChI=1S/C28H28N6O2/c1-33-11-10-22-8-9-26(14-25(22)17-33)32-28(36)24-7-2-4-20(12-24)15-30-27(35)23-6-3-5-21(13-23)16-34-19-29-18-31-34/h2-9,12-14,18-19H,10-11,15-17H2,1H3,(H2,30,32,35,36)/p+1. The van der Waals surface area contributed by atoms with Crippen LogP contribution in [0.5, 0.6) is 0 Å². The normalized spacial score (nSPS) is 14.3. The van der Waals surface area contributed by atoms with Crippen LogP contribution in [-0.4, -0.2) is 48.0 Å². The van der Waals surface area contributed by atoms with E-state index in [1.807, 2.05) is 47.5 Å². The predicted molar refractivity (Wildman–Crippen MR) is 141 cm³/mol. The lowest BCUT2D eigenvalue weighted by atomic mass is 9.99. The number of carbonyl (C=O) groups excluding carboxylic acids is 2. The highest BCUT2D eigenvalue weighted by molar-refractivity contribution is 6.04. The second kappa shape index (κ2) is 10.5. The van der Waals surface area contributed by atoms with E-state index in [0.29, 0.717) is 24.2 Å². The zero-order valence-corrected chi connectivity index (χ0v) is 20.2. The number of anilines is 1. The summed E-state index contributed by atoms with van der Waals surface area (Å²) in [6.07, 6.45) is 4.33. The molecule has 5 rings (SSSR count). The average molecular weight is 482 g/mol. The number of hydrazine groups is 1. The van der Waals surface area contributed by atoms with Crippen molar-refractivity contribution in [3.8, 4) is 0 Å². The third kappa shape index (κ3) is 5.63. The van der Waals surface area contributed by atoms with E-state index in [-0.39, 0.29) is 11.8 Å². The van der Waals surface area contributed by atoms with Crippen LogP contribution >= 0.6 is 0 Å². The SMILES string of the molecule is CN1CCc2ccc(NC(=O)c3cccc(CNC(=O)c4cccc(CN5C=[N+]=CN5)c4)c3)cc2C1. The van der Waals surface area contributed by atoms with Crippen molar-refractivity contribution in [2.75, 3.05) is 18.9 Å². The molecule has 0 aliphatic carbocycles. The molecule has 0 saturated heterocycles. The second-order valence-electron chi connectivity index (χ2n) is 9.16. The molecule has 3 aromatic carbocycles. The number of hydrogen-bond donors (Lipinski definition) is 3. The van der Waals surface area contributed by atoms with Crippen LogP contribution in [0.1, 0.15) is 43.0 Å². The maximum Gasteiger partial charge on any atom is 0.307 e. The van der Waals surface area contributed by atoms with Gasteiger partial charge in [-0.2, -0.15) is 5.43 Å². The Kier molecular flexibility index (Phi) is 6.80. The summed E-state index contributed by atoms with van der Waals surface area (Å²) in [4.78, 5) is 27.9. The van der Waals surface area contributed by atoms with Crippen LogP contribution in [0.15, 0.2) is 66.7 Å². The molecular weight excluding hydrogens is 452 g/mol. The molecule has 0 aromatic heterocycles. The smallest absolute Gasteiger partial charge is 0.307 e. The molecule has 36 heavy (non-hydrogen) atoms. The Hall–Kier alpha value is -4.39. The van der Waals surface area contributed by atoms with E-state index in [9.17, 15) is 9.59 Å². The van der Waals surface area contributed by atoms with Crippen molar-refractivity contribution in [3.05, 3.63) is 100 Å². The number of nitrogens with one attached hydrogen (secondary N) is 3. The van der Waals surface area contributed by atoms with E-state index in [2.05, 4.69) is 44.8 Å². The number of rotatable bonds is 7. The lowest BCUT2D eigenvalue weighted by Crippen LogP contribution is -2.31. The van der Waals surface area contributed by atoms with Crippen molar-refractivity contribution in [3.63, 3.8) is 0 Å². The quantitative estimate of drug-likeness (QED) is 0.451. The third-order valence-corrected chi connectivity index (χ3v) is 6.36. The Labute approximate surface area is 210 Å². The molecule has 2 heterocycles. The molecule has 0 fully saturated rings. The van der Waals surface area contributed by atoms with Crippen LogP contribution in [0, 0.1) is 0 Å². The number of carbonyl (C=O) groups is 2. The Bertz CT molecular complexity index is 1360. The summed E-state index contributed by atoms with van der Waals surface area (Å²) in [5.74, 6) is -0.336. The number of likely N-dealkylation sites (N-methyl/N-ethyl adjacent to an activating group) is 1. The fourth-order valence-electron chi connectivity index (χ4n) is 4.43. The van der Waals surface area contributed by atoms with E-state index in [1.165, 1.54) is 11.1 Å². The third-order valence-electron chi connectivity index (χ3n) is 6.36. The molecule has 2 aliphatic rings. The minimum atomic E-state index is -0.170. The molecule has 2 amide bonds. The monoisotopic (exact) mass is 481 g/mol. The van der Waals surface area contributed by atoms with Crippen molar-refractivity contribution < 1.29 is 9.59 Å². The zero-order valence-electron chi connectivity index (χ0n) is 20.2. The topological polar surface area (TPSA) is 90.8 Å². The van der Waals surface area contributed by atoms with Gasteiger partial charge in [0, 0.05) is 36.4 Å². The minimum absolute atomic E-state index is 0.166. The van der Waals surface area contributed by atoms with E-state index in [4.69, 9.17) is 0 Å². The molecule has 2 aliphatic heterocycles. The van der Waals surface area contributed by atoms with Gasteiger partial charge in [0.05, 0.1) is 0 Å². The molecule has 8 heteroatoms. The van der Waals surface area contributed by atoms with Gasteiger partial charge in [0.25, 0.3) is 11.8 Å². The molecule has 0 atom stereocenters. The maximum absolute atomic E-state index is 12.9. The zero-order chi connectivity index (χ0) is 24.9. The first-order chi connectivity index (χ1) is 17.5. The number of benzene rings is 3. The largest absolute Gasteiger partial charge is 0.348 e. The molecule has 0 radical (unpaired) electrons. The molecule has 3 aromatic rings. The lowest BCUT2D eigenvalue weighted by molar-refractivity contribution is 0.0950. The Morgan fingerprint density at radius 3 is 2.53 bits per heavy atom. The van der Waals surface area contributed by atoms with Gasteiger partial charge in [-0.15, -0.1) is 5.01 Å². The number of amides is 2. The maximum atomic E-state index is 12.9. The van der Waals surface area contributed by atoms with Gasteiger partial charge < -0.3 is 15.5 Å². The van der Waals surface area contributed by atoms with Crippen molar-refractivity contribution >= 4 is 30.2 Å². The minimum Gasteiger partial charge on any atom is -0.348 e. The highest BCUT2D eigenvalue weighted by Gasteiger charge is 2.16. The first kappa shape index (κ1) is 23.4. The van der Waals surface area contributed by atoms with Gasteiger partial charge in [0.15, 0.2) is 0 Å². The van der Waals surface area contributed by atoms with Crippen molar-refractivity contribution in [1.82, 2.24) is 25.3 Å². The fraction of sp³-hybridized carbons (Fsp3) is 0.214. The van der Waals surface area contributed by atoms with Gasteiger partial charge in [-0.05, 0) is 72.1 Å². The van der Waals surface area contributed by atoms with Crippen molar-refractivity contribution in [1.29, 1.82) is 0 Å². The van der Waals surface area contributed by atoms with Crippen LogP contribution in [0.25, 0.3) is 0 Å². The molecule has 8 nitrogen and oxygen atoms in total. The Balaban J connectivity index is 1.19. The van der Waals surface area contributed by atoms with Gasteiger partial charge in [-0.3, -0.25) is 9.59 Å². The van der Waals surface area contributed by atoms with E-state index in [0.717, 1.165) is 36.3 Å². The van der Waals surface area contributed by atoms with E-state index >= 15 is 0 Å². The molecule has 0 unspecified atom stereocenters. The van der Waals surface area contributed by atoms with E-state index < -0.39 is 0 Å². The highest BCUT2D eigenvalue weighted by atomic mass is 16.2. The van der Waals surface area contributed by atoms with Crippen molar-refractivity contribution in [2.45, 2.75) is 26.1 Å². The Morgan fingerprint density at radius 2 is 1.72 bits per heavy atom. The van der Waals surface area contributed by atoms with Gasteiger partial charge in [0.2, 0.25) is 0 Å². The number of hydrogen-bond acceptors (Lipinski definition) is 5. The summed E-state index contributed by atoms with van der Waals surface area (Å²) in [5.41, 5.74) is 9.36. The van der Waals surface area contributed by atoms with Gasteiger partial charge >= 0.3 is 12.7 Å². The van der Waals surface area contributed by atoms with Crippen LogP contribution in [0.3, 0.4) is 0 Å². The van der Waals surface area contributed by atoms with Crippen LogP contribution in [-0.2, 0) is 26.1 Å². The van der Waals surface area contributed by atoms with Gasteiger partial charge in [-0.25, -0.2) is 4.67 Å². The summed E-state index contributed by atoms with van der Waals surface area (Å²) >= 11 is 0. The molecule has 0 spiro atoms. The first-order valence-electron chi connectivity index (χ1n) is 12.0. The van der Waals surface area contributed by atoms with Gasteiger partial charge in [-0.1, -0.05) is 30.3 Å².